The Morgan fingerprint density at radius 1 is 0.833 bits per heavy atom. The summed E-state index contributed by atoms with van der Waals surface area (Å²) in [6.45, 7) is 2.08. The Labute approximate surface area is 140 Å². The number of aromatic nitrogens is 3. The lowest BCUT2D eigenvalue weighted by Gasteiger charge is -2.00. The van der Waals surface area contributed by atoms with Crippen molar-refractivity contribution < 1.29 is 0 Å². The molecule has 0 saturated heterocycles. The Bertz CT molecular complexity index is 1080. The maximum absolute atomic E-state index is 4.81. The highest BCUT2D eigenvalue weighted by molar-refractivity contribution is 5.83. The van der Waals surface area contributed by atoms with Crippen molar-refractivity contribution in [3.63, 3.8) is 0 Å². The smallest absolute Gasteiger partial charge is 0.0949 e. The molecule has 0 aliphatic rings. The standard InChI is InChI=1S/C21H17N3/c1-16-7-3-2-6-12-22-15-18(13-16)20-14-19-11-10-17-8-4-5-9-21(17)24(19)23-20/h2-15H,1H3. The van der Waals surface area contributed by atoms with E-state index < -0.39 is 0 Å². The highest BCUT2D eigenvalue weighted by atomic mass is 15.2. The molecule has 116 valence electrons. The minimum absolute atomic E-state index is 0.917. The molecular formula is C21H17N3. The summed E-state index contributed by atoms with van der Waals surface area (Å²) in [7, 11) is 0. The van der Waals surface area contributed by atoms with Crippen molar-refractivity contribution in [2.45, 2.75) is 6.92 Å². The molecule has 0 aliphatic heterocycles. The van der Waals surface area contributed by atoms with Gasteiger partial charge in [0.05, 0.1) is 16.7 Å². The average molecular weight is 311 g/mol. The second-order valence-corrected chi connectivity index (χ2v) is 5.77. The van der Waals surface area contributed by atoms with Gasteiger partial charge in [-0.25, -0.2) is 4.52 Å². The van der Waals surface area contributed by atoms with E-state index in [1.807, 2.05) is 41.0 Å². The third-order valence-electron chi connectivity index (χ3n) is 3.98. The van der Waals surface area contributed by atoms with Crippen molar-refractivity contribution in [3.05, 3.63) is 90.8 Å². The number of benzene rings is 1. The molecule has 24 heavy (non-hydrogen) atoms. The van der Waals surface area contributed by atoms with E-state index in [1.54, 1.807) is 6.20 Å². The first kappa shape index (κ1) is 14.4. The van der Waals surface area contributed by atoms with Crippen molar-refractivity contribution >= 4 is 16.4 Å². The molecule has 4 aromatic rings. The summed E-state index contributed by atoms with van der Waals surface area (Å²) in [5.41, 5.74) is 5.25. The number of hydrogen-bond donors (Lipinski definition) is 0. The molecule has 3 heteroatoms. The molecule has 0 atom stereocenters. The van der Waals surface area contributed by atoms with Gasteiger partial charge in [0, 0.05) is 23.3 Å². The van der Waals surface area contributed by atoms with Gasteiger partial charge in [0.15, 0.2) is 0 Å². The van der Waals surface area contributed by atoms with Gasteiger partial charge >= 0.3 is 0 Å². The van der Waals surface area contributed by atoms with Gasteiger partial charge < -0.3 is 0 Å². The molecule has 0 saturated carbocycles. The summed E-state index contributed by atoms with van der Waals surface area (Å²) >= 11 is 0. The molecule has 3 aromatic heterocycles. The molecular weight excluding hydrogens is 294 g/mol. The molecule has 0 aliphatic carbocycles. The van der Waals surface area contributed by atoms with E-state index in [4.69, 9.17) is 5.10 Å². The van der Waals surface area contributed by atoms with Crippen LogP contribution in [-0.4, -0.2) is 14.6 Å². The monoisotopic (exact) mass is 311 g/mol. The van der Waals surface area contributed by atoms with Gasteiger partial charge in [0.1, 0.15) is 0 Å². The second kappa shape index (κ2) is 6.13. The predicted molar refractivity (Wildman–Crippen MR) is 98.3 cm³/mol. The molecule has 0 spiro atoms. The topological polar surface area (TPSA) is 30.2 Å². The van der Waals surface area contributed by atoms with Gasteiger partial charge in [0.25, 0.3) is 0 Å². The first-order valence-electron chi connectivity index (χ1n) is 7.94. The molecule has 0 radical (unpaired) electrons. The Kier molecular flexibility index (Phi) is 3.67. The van der Waals surface area contributed by atoms with Gasteiger partial charge in [-0.05, 0) is 37.3 Å². The number of para-hydroxylation sites is 1. The summed E-state index contributed by atoms with van der Waals surface area (Å²) in [6, 6.07) is 24.7. The van der Waals surface area contributed by atoms with Crippen LogP contribution in [-0.2, 0) is 0 Å². The van der Waals surface area contributed by atoms with E-state index in [2.05, 4.69) is 54.4 Å². The van der Waals surface area contributed by atoms with Crippen LogP contribution in [0.4, 0.5) is 0 Å². The van der Waals surface area contributed by atoms with Gasteiger partial charge in [-0.3, -0.25) is 4.98 Å². The fourth-order valence-electron chi connectivity index (χ4n) is 2.81. The van der Waals surface area contributed by atoms with Crippen molar-refractivity contribution in [2.75, 3.05) is 0 Å². The molecule has 0 fully saturated rings. The summed E-state index contributed by atoms with van der Waals surface area (Å²) in [6.07, 6.45) is 3.64. The number of fused-ring (bicyclic) bond motifs is 3. The van der Waals surface area contributed by atoms with Crippen molar-refractivity contribution in [1.82, 2.24) is 14.6 Å². The van der Waals surface area contributed by atoms with Crippen LogP contribution in [0.2, 0.25) is 0 Å². The number of pyridine rings is 1. The quantitative estimate of drug-likeness (QED) is 0.496. The molecule has 0 unspecified atom stereocenters. The van der Waals surface area contributed by atoms with Gasteiger partial charge in [-0.2, -0.15) is 5.10 Å². The SMILES string of the molecule is Cc1cccccncc(-c2cc3ccc4ccccc4n3n2)c1. The zero-order valence-electron chi connectivity index (χ0n) is 13.4. The Morgan fingerprint density at radius 3 is 2.67 bits per heavy atom. The fourth-order valence-corrected chi connectivity index (χ4v) is 2.81. The van der Waals surface area contributed by atoms with Crippen molar-refractivity contribution in [1.29, 1.82) is 0 Å². The lowest BCUT2D eigenvalue weighted by molar-refractivity contribution is 1.01. The minimum Gasteiger partial charge on any atom is -0.264 e. The third kappa shape index (κ3) is 2.72. The number of nitrogens with zero attached hydrogens (tertiary/aromatic N) is 3. The van der Waals surface area contributed by atoms with Gasteiger partial charge in [0.2, 0.25) is 0 Å². The minimum atomic E-state index is 0.917. The summed E-state index contributed by atoms with van der Waals surface area (Å²) in [5, 5.41) is 5.99. The highest BCUT2D eigenvalue weighted by Gasteiger charge is 2.06. The lowest BCUT2D eigenvalue weighted by atomic mass is 10.1. The zero-order chi connectivity index (χ0) is 16.4. The summed E-state index contributed by atoms with van der Waals surface area (Å²) in [4.78, 5) is 4.36. The summed E-state index contributed by atoms with van der Waals surface area (Å²) < 4.78 is 1.99. The van der Waals surface area contributed by atoms with E-state index in [0.29, 0.717) is 0 Å². The van der Waals surface area contributed by atoms with Crippen LogP contribution < -0.4 is 0 Å². The predicted octanol–water partition coefficient (Wildman–Crippen LogP) is 4.98. The van der Waals surface area contributed by atoms with Crippen LogP contribution in [0, 0.1) is 6.92 Å². The zero-order valence-corrected chi connectivity index (χ0v) is 13.4. The van der Waals surface area contributed by atoms with E-state index in [-0.39, 0.29) is 0 Å². The Morgan fingerprint density at radius 2 is 1.71 bits per heavy atom. The average Bonchev–Trinajstić information content (AvgIpc) is 3.05. The van der Waals surface area contributed by atoms with Gasteiger partial charge in [-0.1, -0.05) is 48.0 Å². The number of rotatable bonds is 1. The van der Waals surface area contributed by atoms with Crippen LogP contribution in [0.25, 0.3) is 27.7 Å². The molecule has 1 aromatic carbocycles. The van der Waals surface area contributed by atoms with Crippen LogP contribution >= 0.6 is 0 Å². The molecule has 0 bridgehead atoms. The molecule has 4 rings (SSSR count). The Hall–Kier alpha value is -3.20. The van der Waals surface area contributed by atoms with Crippen LogP contribution in [0.3, 0.4) is 0 Å². The van der Waals surface area contributed by atoms with Crippen LogP contribution in [0.1, 0.15) is 5.56 Å². The second-order valence-electron chi connectivity index (χ2n) is 5.77. The molecule has 3 nitrogen and oxygen atoms in total. The molecule has 0 amide bonds. The van der Waals surface area contributed by atoms with E-state index in [9.17, 15) is 0 Å². The summed E-state index contributed by atoms with van der Waals surface area (Å²) in [5.74, 6) is 0. The molecule has 3 heterocycles. The van der Waals surface area contributed by atoms with Gasteiger partial charge in [-0.15, -0.1) is 0 Å². The van der Waals surface area contributed by atoms with E-state index in [1.165, 1.54) is 5.39 Å². The van der Waals surface area contributed by atoms with E-state index >= 15 is 0 Å². The largest absolute Gasteiger partial charge is 0.264 e. The normalized spacial score (nSPS) is 10.7. The maximum Gasteiger partial charge on any atom is 0.0949 e. The highest BCUT2D eigenvalue weighted by Crippen LogP contribution is 2.22. The number of aryl methyl sites for hydroxylation is 1. The van der Waals surface area contributed by atoms with Crippen LogP contribution in [0.15, 0.2) is 85.2 Å². The third-order valence-corrected chi connectivity index (χ3v) is 3.98. The molecule has 0 N–H and O–H groups in total. The van der Waals surface area contributed by atoms with Crippen molar-refractivity contribution in [2.24, 2.45) is 0 Å². The lowest BCUT2D eigenvalue weighted by Crippen LogP contribution is -1.89. The maximum atomic E-state index is 4.81. The fraction of sp³-hybridized carbons (Fsp3) is 0.0476. The Balaban J connectivity index is 1.97. The van der Waals surface area contributed by atoms with Crippen LogP contribution in [0.5, 0.6) is 0 Å². The first-order valence-corrected chi connectivity index (χ1v) is 7.94. The van der Waals surface area contributed by atoms with E-state index in [0.717, 1.165) is 27.9 Å². The first-order chi connectivity index (χ1) is 11.8. The van der Waals surface area contributed by atoms with Crippen molar-refractivity contribution in [3.8, 4) is 11.3 Å². The number of hydrogen-bond acceptors (Lipinski definition) is 2.